The maximum absolute atomic E-state index is 11.0. The molecule has 0 fully saturated rings. The lowest BCUT2D eigenvalue weighted by Crippen LogP contribution is -2.05. The Kier molecular flexibility index (Phi) is 4.15. The van der Waals surface area contributed by atoms with E-state index in [9.17, 15) is 9.90 Å². The van der Waals surface area contributed by atoms with Crippen molar-refractivity contribution in [1.29, 1.82) is 5.26 Å². The molecule has 0 saturated heterocycles. The fourth-order valence-electron chi connectivity index (χ4n) is 1.28. The number of alkyl halides is 1. The van der Waals surface area contributed by atoms with Crippen molar-refractivity contribution in [3.8, 4) is 11.8 Å². The Labute approximate surface area is 98.0 Å². The number of carbonyl (C=O) groups is 1. The fourth-order valence-corrected chi connectivity index (χ4v) is 1.51. The van der Waals surface area contributed by atoms with E-state index < -0.39 is 5.97 Å². The number of hydrogen-bond acceptors (Lipinski definition) is 4. The van der Waals surface area contributed by atoms with Gasteiger partial charge in [-0.2, -0.15) is 5.26 Å². The predicted molar refractivity (Wildman–Crippen MR) is 58.1 cm³/mol. The van der Waals surface area contributed by atoms with Crippen LogP contribution in [0.4, 0.5) is 0 Å². The predicted octanol–water partition coefficient (Wildman–Crippen LogP) is 1.72. The van der Waals surface area contributed by atoms with Crippen molar-refractivity contribution in [2.24, 2.45) is 0 Å². The summed E-state index contributed by atoms with van der Waals surface area (Å²) in [6.45, 7) is 0. The number of phenolic OH excluding ortho intramolecular Hbond substituents is 1. The average molecular weight is 240 g/mol. The Morgan fingerprint density at radius 1 is 1.56 bits per heavy atom. The van der Waals surface area contributed by atoms with Crippen molar-refractivity contribution >= 4 is 17.6 Å². The molecule has 0 aliphatic rings. The molecule has 0 radical (unpaired) electrons. The van der Waals surface area contributed by atoms with Crippen LogP contribution in [0.1, 0.15) is 16.7 Å². The monoisotopic (exact) mass is 239 g/mol. The van der Waals surface area contributed by atoms with Crippen LogP contribution in [0.5, 0.6) is 5.75 Å². The van der Waals surface area contributed by atoms with Crippen molar-refractivity contribution in [3.05, 3.63) is 28.8 Å². The van der Waals surface area contributed by atoms with Gasteiger partial charge in [0.2, 0.25) is 0 Å². The number of nitrogens with zero attached hydrogens (tertiary/aromatic N) is 1. The second-order valence-corrected chi connectivity index (χ2v) is 3.37. The molecule has 1 aromatic rings. The van der Waals surface area contributed by atoms with Gasteiger partial charge in [0.1, 0.15) is 11.8 Å². The minimum absolute atomic E-state index is 0.0699. The quantitative estimate of drug-likeness (QED) is 0.644. The molecular formula is C11H10ClNO3. The van der Waals surface area contributed by atoms with E-state index in [1.165, 1.54) is 7.11 Å². The van der Waals surface area contributed by atoms with E-state index in [2.05, 4.69) is 4.74 Å². The largest absolute Gasteiger partial charge is 0.506 e. The number of methoxy groups -OCH3 is 1. The number of halogens is 1. The van der Waals surface area contributed by atoms with Crippen LogP contribution < -0.4 is 0 Å². The lowest BCUT2D eigenvalue weighted by Gasteiger charge is -2.07. The van der Waals surface area contributed by atoms with E-state index in [1.807, 2.05) is 6.07 Å². The van der Waals surface area contributed by atoms with Crippen LogP contribution >= 0.6 is 11.6 Å². The summed E-state index contributed by atoms with van der Waals surface area (Å²) in [6, 6.07) is 5.03. The highest BCUT2D eigenvalue weighted by molar-refractivity contribution is 6.17. The lowest BCUT2D eigenvalue weighted by molar-refractivity contribution is -0.139. The molecular weight excluding hydrogens is 230 g/mol. The molecule has 84 valence electrons. The van der Waals surface area contributed by atoms with E-state index in [0.717, 1.165) is 0 Å². The standard InChI is InChI=1S/C11H10ClNO3/c1-16-10(14)4-7-2-3-8(5-12)9(6-13)11(7)15/h2-3,15H,4-5H2,1H3. The van der Waals surface area contributed by atoms with Gasteiger partial charge in [-0.15, -0.1) is 11.6 Å². The number of rotatable bonds is 3. The normalized spacial score (nSPS) is 9.56. The number of hydrogen-bond donors (Lipinski definition) is 1. The molecule has 1 aromatic carbocycles. The minimum atomic E-state index is -0.474. The number of benzene rings is 1. The number of carbonyl (C=O) groups excluding carboxylic acids is 1. The number of nitriles is 1. The molecule has 1 rings (SSSR count). The third-order valence-corrected chi connectivity index (χ3v) is 2.45. The Morgan fingerprint density at radius 3 is 2.69 bits per heavy atom. The highest BCUT2D eigenvalue weighted by atomic mass is 35.5. The van der Waals surface area contributed by atoms with E-state index in [4.69, 9.17) is 16.9 Å². The molecule has 0 aliphatic heterocycles. The smallest absolute Gasteiger partial charge is 0.310 e. The van der Waals surface area contributed by atoms with Crippen molar-refractivity contribution < 1.29 is 14.6 Å². The highest BCUT2D eigenvalue weighted by Gasteiger charge is 2.14. The van der Waals surface area contributed by atoms with Crippen LogP contribution in [0, 0.1) is 11.3 Å². The van der Waals surface area contributed by atoms with Gasteiger partial charge in [0.05, 0.1) is 19.1 Å². The summed E-state index contributed by atoms with van der Waals surface area (Å²) in [5.74, 6) is -0.543. The van der Waals surface area contributed by atoms with Crippen molar-refractivity contribution in [2.75, 3.05) is 7.11 Å². The van der Waals surface area contributed by atoms with Gasteiger partial charge in [0, 0.05) is 11.4 Å². The number of aromatic hydroxyl groups is 1. The van der Waals surface area contributed by atoms with Crippen LogP contribution in [0.2, 0.25) is 0 Å². The maximum atomic E-state index is 11.0. The van der Waals surface area contributed by atoms with Crippen LogP contribution in [0.3, 0.4) is 0 Å². The molecule has 0 heterocycles. The summed E-state index contributed by atoms with van der Waals surface area (Å²) in [4.78, 5) is 11.0. The molecule has 0 atom stereocenters. The summed E-state index contributed by atoms with van der Waals surface area (Å²) in [5, 5.41) is 18.6. The molecule has 0 aromatic heterocycles. The zero-order chi connectivity index (χ0) is 12.1. The Morgan fingerprint density at radius 2 is 2.19 bits per heavy atom. The molecule has 0 saturated carbocycles. The highest BCUT2D eigenvalue weighted by Crippen LogP contribution is 2.27. The number of esters is 1. The fraction of sp³-hybridized carbons (Fsp3) is 0.273. The van der Waals surface area contributed by atoms with Gasteiger partial charge in [-0.25, -0.2) is 0 Å². The molecule has 0 bridgehead atoms. The molecule has 16 heavy (non-hydrogen) atoms. The first kappa shape index (κ1) is 12.3. The summed E-state index contributed by atoms with van der Waals surface area (Å²) < 4.78 is 4.48. The van der Waals surface area contributed by atoms with Crippen molar-refractivity contribution in [2.45, 2.75) is 12.3 Å². The average Bonchev–Trinajstić information content (AvgIpc) is 2.31. The van der Waals surface area contributed by atoms with Crippen LogP contribution in [0.25, 0.3) is 0 Å². The number of ether oxygens (including phenoxy) is 1. The first-order valence-corrected chi connectivity index (χ1v) is 5.04. The van der Waals surface area contributed by atoms with Gasteiger partial charge in [0.15, 0.2) is 0 Å². The van der Waals surface area contributed by atoms with E-state index >= 15 is 0 Å². The lowest BCUT2D eigenvalue weighted by atomic mass is 10.0. The Hall–Kier alpha value is -1.73. The van der Waals surface area contributed by atoms with E-state index in [0.29, 0.717) is 11.1 Å². The summed E-state index contributed by atoms with van der Waals surface area (Å²) >= 11 is 5.61. The summed E-state index contributed by atoms with van der Waals surface area (Å²) in [7, 11) is 1.26. The summed E-state index contributed by atoms with van der Waals surface area (Å²) in [6.07, 6.45) is -0.0699. The maximum Gasteiger partial charge on any atom is 0.310 e. The van der Waals surface area contributed by atoms with E-state index in [1.54, 1.807) is 12.1 Å². The SMILES string of the molecule is COC(=O)Cc1ccc(CCl)c(C#N)c1O. The van der Waals surface area contributed by atoms with Gasteiger partial charge in [0.25, 0.3) is 0 Å². The molecule has 0 aliphatic carbocycles. The third-order valence-electron chi connectivity index (χ3n) is 2.17. The third kappa shape index (κ3) is 2.44. The van der Waals surface area contributed by atoms with E-state index in [-0.39, 0.29) is 23.6 Å². The topological polar surface area (TPSA) is 70.3 Å². The molecule has 1 N–H and O–H groups in total. The second-order valence-electron chi connectivity index (χ2n) is 3.11. The van der Waals surface area contributed by atoms with Gasteiger partial charge < -0.3 is 9.84 Å². The molecule has 0 spiro atoms. The van der Waals surface area contributed by atoms with Gasteiger partial charge in [-0.05, 0) is 5.56 Å². The molecule has 0 unspecified atom stereocenters. The number of phenols is 1. The molecule has 0 amide bonds. The zero-order valence-electron chi connectivity index (χ0n) is 8.66. The first-order valence-electron chi connectivity index (χ1n) is 4.50. The van der Waals surface area contributed by atoms with Crippen molar-refractivity contribution in [3.63, 3.8) is 0 Å². The van der Waals surface area contributed by atoms with Crippen LogP contribution in [0.15, 0.2) is 12.1 Å². The van der Waals surface area contributed by atoms with Crippen molar-refractivity contribution in [1.82, 2.24) is 0 Å². The molecule has 5 heteroatoms. The molecule has 4 nitrogen and oxygen atoms in total. The Bertz CT molecular complexity index is 451. The first-order chi connectivity index (χ1) is 7.63. The van der Waals surface area contributed by atoms with Crippen LogP contribution in [-0.4, -0.2) is 18.2 Å². The zero-order valence-corrected chi connectivity index (χ0v) is 9.41. The summed E-state index contributed by atoms with van der Waals surface area (Å²) in [5.41, 5.74) is 1.00. The van der Waals surface area contributed by atoms with Crippen LogP contribution in [-0.2, 0) is 21.8 Å². The van der Waals surface area contributed by atoms with Gasteiger partial charge in [-0.1, -0.05) is 12.1 Å². The minimum Gasteiger partial charge on any atom is -0.506 e. The van der Waals surface area contributed by atoms with Gasteiger partial charge >= 0.3 is 5.97 Å². The van der Waals surface area contributed by atoms with Gasteiger partial charge in [-0.3, -0.25) is 4.79 Å². The Balaban J connectivity index is 3.15. The second kappa shape index (κ2) is 5.38.